The lowest BCUT2D eigenvalue weighted by molar-refractivity contribution is 0.0441. The average Bonchev–Trinajstić information content (AvgIpc) is 2.91. The Kier molecular flexibility index (Phi) is 2.51. The van der Waals surface area contributed by atoms with Crippen molar-refractivity contribution >= 4 is 10.9 Å². The maximum Gasteiger partial charge on any atom is 0.293 e. The fraction of sp³-hybridized carbons (Fsp3) is 0.250. The Morgan fingerprint density at radius 2 is 1.88 bits per heavy atom. The monoisotopic (exact) mass is 319 g/mol. The summed E-state index contributed by atoms with van der Waals surface area (Å²) in [5.41, 5.74) is 2.21. The molecule has 4 heteroatoms. The van der Waals surface area contributed by atoms with Gasteiger partial charge in [-0.25, -0.2) is 0 Å². The summed E-state index contributed by atoms with van der Waals surface area (Å²) in [6.07, 6.45) is 0. The molecular formula is C20H17NO3. The Hall–Kier alpha value is -2.75. The van der Waals surface area contributed by atoms with Crippen LogP contribution >= 0.6 is 0 Å². The molecule has 0 radical (unpaired) electrons. The van der Waals surface area contributed by atoms with E-state index in [1.54, 1.807) is 11.6 Å². The van der Waals surface area contributed by atoms with Crippen LogP contribution in [0.3, 0.4) is 0 Å². The van der Waals surface area contributed by atoms with Crippen molar-refractivity contribution in [3.05, 3.63) is 70.0 Å². The van der Waals surface area contributed by atoms with Crippen molar-refractivity contribution < 1.29 is 9.47 Å². The van der Waals surface area contributed by atoms with Gasteiger partial charge in [-0.15, -0.1) is 0 Å². The summed E-state index contributed by atoms with van der Waals surface area (Å²) in [5.74, 6) is 1.38. The highest BCUT2D eigenvalue weighted by Gasteiger charge is 2.52. The van der Waals surface area contributed by atoms with Gasteiger partial charge in [-0.2, -0.15) is 0 Å². The minimum absolute atomic E-state index is 0.0803. The molecular weight excluding hydrogens is 302 g/mol. The van der Waals surface area contributed by atoms with Crippen LogP contribution in [0.25, 0.3) is 10.9 Å². The van der Waals surface area contributed by atoms with E-state index in [2.05, 4.69) is 13.0 Å². The lowest BCUT2D eigenvalue weighted by Gasteiger charge is -2.37. The van der Waals surface area contributed by atoms with Crippen LogP contribution < -0.4 is 15.0 Å². The molecule has 120 valence electrons. The Morgan fingerprint density at radius 1 is 1.12 bits per heavy atom. The lowest BCUT2D eigenvalue weighted by atomic mass is 9.78. The van der Waals surface area contributed by atoms with Gasteiger partial charge < -0.3 is 14.0 Å². The molecule has 0 saturated heterocycles. The van der Waals surface area contributed by atoms with Gasteiger partial charge in [-0.1, -0.05) is 36.4 Å². The molecule has 2 aliphatic rings. The standard InChI is InChI=1S/C20H17NO3/c1-20-14(12-7-4-6-10-16(12)24-20)11-23-18-17(20)13-8-3-5-9-15(13)21(2)19(18)22/h3-10,14H,11H2,1-2H3. The highest BCUT2D eigenvalue weighted by atomic mass is 16.5. The third-order valence-electron chi connectivity index (χ3n) is 5.43. The van der Waals surface area contributed by atoms with Crippen molar-refractivity contribution in [1.82, 2.24) is 4.57 Å². The number of benzene rings is 2. The third-order valence-corrected chi connectivity index (χ3v) is 5.43. The second-order valence-corrected chi connectivity index (χ2v) is 6.70. The molecule has 0 spiro atoms. The van der Waals surface area contributed by atoms with Crippen LogP contribution in [-0.4, -0.2) is 11.2 Å². The van der Waals surface area contributed by atoms with Gasteiger partial charge in [-0.3, -0.25) is 4.79 Å². The number of nitrogens with zero attached hydrogens (tertiary/aromatic N) is 1. The zero-order chi connectivity index (χ0) is 16.5. The highest BCUT2D eigenvalue weighted by Crippen LogP contribution is 2.55. The topological polar surface area (TPSA) is 40.5 Å². The molecule has 5 rings (SSSR count). The normalized spacial score (nSPS) is 23.8. The van der Waals surface area contributed by atoms with E-state index in [0.29, 0.717) is 12.4 Å². The molecule has 24 heavy (non-hydrogen) atoms. The van der Waals surface area contributed by atoms with E-state index >= 15 is 0 Å². The maximum atomic E-state index is 12.8. The Balaban J connectivity index is 1.89. The molecule has 2 aliphatic heterocycles. The second-order valence-electron chi connectivity index (χ2n) is 6.70. The van der Waals surface area contributed by atoms with E-state index < -0.39 is 5.60 Å². The van der Waals surface area contributed by atoms with Crippen LogP contribution in [0, 0.1) is 0 Å². The smallest absolute Gasteiger partial charge is 0.293 e. The van der Waals surface area contributed by atoms with Gasteiger partial charge in [0.15, 0.2) is 5.75 Å². The highest BCUT2D eigenvalue weighted by molar-refractivity contribution is 5.86. The van der Waals surface area contributed by atoms with Gasteiger partial charge >= 0.3 is 0 Å². The van der Waals surface area contributed by atoms with Crippen molar-refractivity contribution in [2.24, 2.45) is 7.05 Å². The van der Waals surface area contributed by atoms with Crippen LogP contribution in [0.15, 0.2) is 53.3 Å². The van der Waals surface area contributed by atoms with E-state index in [0.717, 1.165) is 27.8 Å². The van der Waals surface area contributed by atoms with E-state index in [1.165, 1.54) is 0 Å². The molecule has 2 unspecified atom stereocenters. The molecule has 0 aliphatic carbocycles. The molecule has 2 atom stereocenters. The quantitative estimate of drug-likeness (QED) is 0.638. The molecule has 0 fully saturated rings. The first-order chi connectivity index (χ1) is 11.6. The molecule has 0 amide bonds. The number of pyridine rings is 1. The zero-order valence-corrected chi connectivity index (χ0v) is 13.6. The van der Waals surface area contributed by atoms with Crippen molar-refractivity contribution in [2.45, 2.75) is 18.4 Å². The van der Waals surface area contributed by atoms with Gasteiger partial charge in [0.2, 0.25) is 0 Å². The molecule has 3 aromatic rings. The van der Waals surface area contributed by atoms with Crippen molar-refractivity contribution in [3.8, 4) is 11.5 Å². The van der Waals surface area contributed by atoms with Crippen LogP contribution in [0.5, 0.6) is 11.5 Å². The van der Waals surface area contributed by atoms with Gasteiger partial charge in [0.1, 0.15) is 11.4 Å². The Morgan fingerprint density at radius 3 is 2.75 bits per heavy atom. The number of hydrogen-bond acceptors (Lipinski definition) is 3. The fourth-order valence-corrected chi connectivity index (χ4v) is 4.19. The summed E-state index contributed by atoms with van der Waals surface area (Å²) >= 11 is 0. The van der Waals surface area contributed by atoms with Gasteiger partial charge in [-0.05, 0) is 19.1 Å². The summed E-state index contributed by atoms with van der Waals surface area (Å²) < 4.78 is 14.0. The summed E-state index contributed by atoms with van der Waals surface area (Å²) in [7, 11) is 1.78. The Labute approximate surface area is 139 Å². The third kappa shape index (κ3) is 1.51. The van der Waals surface area contributed by atoms with E-state index in [1.807, 2.05) is 42.5 Å². The summed E-state index contributed by atoms with van der Waals surface area (Å²) in [6.45, 7) is 2.53. The fourth-order valence-electron chi connectivity index (χ4n) is 4.19. The second kappa shape index (κ2) is 4.41. The van der Waals surface area contributed by atoms with Crippen molar-refractivity contribution in [1.29, 1.82) is 0 Å². The molecule has 0 saturated carbocycles. The number of fused-ring (bicyclic) bond motifs is 7. The molecule has 1 aromatic heterocycles. The first kappa shape index (κ1) is 13.7. The van der Waals surface area contributed by atoms with E-state index in [4.69, 9.17) is 9.47 Å². The molecule has 2 aromatic carbocycles. The predicted octanol–water partition coefficient (Wildman–Crippen LogP) is 3.32. The van der Waals surface area contributed by atoms with E-state index in [9.17, 15) is 4.79 Å². The van der Waals surface area contributed by atoms with Crippen molar-refractivity contribution in [3.63, 3.8) is 0 Å². The van der Waals surface area contributed by atoms with E-state index in [-0.39, 0.29) is 11.5 Å². The molecule has 0 bridgehead atoms. The number of para-hydroxylation sites is 2. The maximum absolute atomic E-state index is 12.8. The van der Waals surface area contributed by atoms with Crippen LogP contribution in [0.1, 0.15) is 24.0 Å². The number of ether oxygens (including phenoxy) is 2. The van der Waals surface area contributed by atoms with Crippen LogP contribution in [0.4, 0.5) is 0 Å². The lowest BCUT2D eigenvalue weighted by Crippen LogP contribution is -2.42. The van der Waals surface area contributed by atoms with Crippen molar-refractivity contribution in [2.75, 3.05) is 6.61 Å². The van der Waals surface area contributed by atoms with Gasteiger partial charge in [0.25, 0.3) is 5.56 Å². The largest absolute Gasteiger partial charge is 0.487 e. The number of hydrogen-bond donors (Lipinski definition) is 0. The molecule has 0 N–H and O–H groups in total. The Bertz CT molecular complexity index is 1050. The summed E-state index contributed by atoms with van der Waals surface area (Å²) in [5, 5.41) is 1.01. The number of rotatable bonds is 0. The minimum Gasteiger partial charge on any atom is -0.487 e. The minimum atomic E-state index is -0.593. The number of aromatic nitrogens is 1. The van der Waals surface area contributed by atoms with Crippen LogP contribution in [0.2, 0.25) is 0 Å². The number of aryl methyl sites for hydroxylation is 1. The van der Waals surface area contributed by atoms with Gasteiger partial charge in [0, 0.05) is 18.0 Å². The summed E-state index contributed by atoms with van der Waals surface area (Å²) in [4.78, 5) is 12.8. The first-order valence-electron chi connectivity index (χ1n) is 8.14. The SMILES string of the molecule is Cn1c(=O)c2c(c3ccccc31)C1(C)Oc3ccccc3C1CO2. The first-order valence-corrected chi connectivity index (χ1v) is 8.14. The zero-order valence-electron chi connectivity index (χ0n) is 13.6. The van der Waals surface area contributed by atoms with Crippen LogP contribution in [-0.2, 0) is 12.6 Å². The average molecular weight is 319 g/mol. The van der Waals surface area contributed by atoms with Gasteiger partial charge in [0.05, 0.1) is 23.6 Å². The molecule has 4 nitrogen and oxygen atoms in total. The predicted molar refractivity (Wildman–Crippen MR) is 91.8 cm³/mol. The molecule has 3 heterocycles. The summed E-state index contributed by atoms with van der Waals surface area (Å²) in [6, 6.07) is 16.0.